The minimum absolute atomic E-state index is 0.0408. The normalized spacial score (nSPS) is 18.8. The molecule has 21 heteroatoms. The molecule has 1 atom stereocenters. The largest absolute Gasteiger partial charge is 0.495 e. The van der Waals surface area contributed by atoms with Crippen molar-refractivity contribution in [1.82, 2.24) is 35.8 Å². The van der Waals surface area contributed by atoms with Crippen LogP contribution in [0, 0.1) is 5.92 Å². The van der Waals surface area contributed by atoms with E-state index < -0.39 is 39.7 Å². The van der Waals surface area contributed by atoms with Gasteiger partial charge in [0, 0.05) is 81.9 Å². The lowest BCUT2D eigenvalue weighted by molar-refractivity contribution is -0.136. The van der Waals surface area contributed by atoms with E-state index in [2.05, 4.69) is 36.5 Å². The summed E-state index contributed by atoms with van der Waals surface area (Å²) in [6.45, 7) is 4.05. The SMILES string of the molecule is COc1cc(Nc2nc(Nc3cccc4c3N(S(C)(=O)=O)CC4)c3cc[nH]c3n2)ccc1N1CCC(NCCNC(=O)C2CN(c3ccc4c(c3)C(=O)N(C3CCC(=O)NC3=O)C4=O)C2)CC1. The summed E-state index contributed by atoms with van der Waals surface area (Å²) in [5.74, 6) is -0.880. The molecule has 3 fully saturated rings. The molecule has 348 valence electrons. The number of para-hydroxylation sites is 1. The minimum Gasteiger partial charge on any atom is -0.495 e. The second-order valence-corrected chi connectivity index (χ2v) is 19.4. The Balaban J connectivity index is 0.687. The monoisotopic (exact) mass is 930 g/mol. The van der Waals surface area contributed by atoms with Crippen LogP contribution in [0.1, 0.15) is 52.0 Å². The Kier molecular flexibility index (Phi) is 11.4. The summed E-state index contributed by atoms with van der Waals surface area (Å²) >= 11 is 0. The average Bonchev–Trinajstić information content (AvgIpc) is 4.02. The van der Waals surface area contributed by atoms with E-state index in [-0.39, 0.29) is 41.8 Å². The van der Waals surface area contributed by atoms with Crippen molar-refractivity contribution in [2.45, 2.75) is 44.2 Å². The number of nitrogens with one attached hydrogen (secondary N) is 6. The number of ether oxygens (including phenoxy) is 1. The molecule has 7 heterocycles. The average molecular weight is 931 g/mol. The van der Waals surface area contributed by atoms with Gasteiger partial charge < -0.3 is 40.8 Å². The highest BCUT2D eigenvalue weighted by Crippen LogP contribution is 2.40. The number of carbonyl (C=O) groups excluding carboxylic acids is 5. The van der Waals surface area contributed by atoms with Gasteiger partial charge in [0.05, 0.1) is 52.9 Å². The number of amides is 5. The Bertz CT molecular complexity index is 2950. The minimum atomic E-state index is -3.47. The first-order valence-corrected chi connectivity index (χ1v) is 24.2. The number of H-pyrrole nitrogens is 1. The fourth-order valence-corrected chi connectivity index (χ4v) is 10.6. The van der Waals surface area contributed by atoms with E-state index in [0.29, 0.717) is 73.7 Å². The Labute approximate surface area is 385 Å². The zero-order chi connectivity index (χ0) is 46.6. The van der Waals surface area contributed by atoms with Gasteiger partial charge in [-0.25, -0.2) is 8.42 Å². The van der Waals surface area contributed by atoms with Crippen LogP contribution < -0.4 is 45.4 Å². The molecule has 67 heavy (non-hydrogen) atoms. The lowest BCUT2D eigenvalue weighted by Gasteiger charge is -2.40. The number of sulfonamides is 1. The Hall–Kier alpha value is -7.26. The van der Waals surface area contributed by atoms with Crippen molar-refractivity contribution in [3.63, 3.8) is 0 Å². The lowest BCUT2D eigenvalue weighted by Crippen LogP contribution is -2.54. The third-order valence-corrected chi connectivity index (χ3v) is 14.4. The Morgan fingerprint density at radius 2 is 1.67 bits per heavy atom. The molecule has 1 unspecified atom stereocenters. The summed E-state index contributed by atoms with van der Waals surface area (Å²) in [6.07, 6.45) is 5.58. The number of methoxy groups -OCH3 is 1. The molecule has 0 bridgehead atoms. The van der Waals surface area contributed by atoms with Crippen LogP contribution in [0.5, 0.6) is 5.75 Å². The zero-order valence-corrected chi connectivity index (χ0v) is 37.7. The predicted octanol–water partition coefficient (Wildman–Crippen LogP) is 2.99. The molecule has 2 aromatic heterocycles. The molecular weight excluding hydrogens is 881 g/mol. The molecule has 6 N–H and O–H groups in total. The highest BCUT2D eigenvalue weighted by molar-refractivity contribution is 7.92. The van der Waals surface area contributed by atoms with Gasteiger partial charge in [0.1, 0.15) is 23.3 Å². The molecule has 5 amide bonds. The van der Waals surface area contributed by atoms with E-state index in [1.54, 1.807) is 31.5 Å². The number of imide groups is 2. The van der Waals surface area contributed by atoms with Gasteiger partial charge in [-0.2, -0.15) is 9.97 Å². The summed E-state index contributed by atoms with van der Waals surface area (Å²) in [5, 5.41) is 16.3. The summed E-state index contributed by atoms with van der Waals surface area (Å²) in [4.78, 5) is 81.2. The molecular formula is C46H50N12O8S. The number of anilines is 7. The van der Waals surface area contributed by atoms with Crippen LogP contribution in [-0.4, -0.2) is 129 Å². The molecule has 10 rings (SSSR count). The van der Waals surface area contributed by atoms with Gasteiger partial charge in [-0.05, 0) is 73.7 Å². The van der Waals surface area contributed by atoms with Gasteiger partial charge in [-0.1, -0.05) is 12.1 Å². The van der Waals surface area contributed by atoms with Crippen molar-refractivity contribution in [3.8, 4) is 5.75 Å². The van der Waals surface area contributed by atoms with Crippen molar-refractivity contribution in [3.05, 3.63) is 83.6 Å². The molecule has 5 aliphatic rings. The number of benzene rings is 3. The maximum Gasteiger partial charge on any atom is 0.262 e. The quantitative estimate of drug-likeness (QED) is 0.0693. The first-order valence-electron chi connectivity index (χ1n) is 22.4. The third kappa shape index (κ3) is 8.43. The van der Waals surface area contributed by atoms with E-state index in [9.17, 15) is 32.4 Å². The summed E-state index contributed by atoms with van der Waals surface area (Å²) in [5.41, 5.74) is 5.68. The van der Waals surface area contributed by atoms with E-state index in [1.807, 2.05) is 47.4 Å². The number of hydrogen-bond donors (Lipinski definition) is 6. The van der Waals surface area contributed by atoms with Gasteiger partial charge in [-0.15, -0.1) is 0 Å². The predicted molar refractivity (Wildman–Crippen MR) is 251 cm³/mol. The third-order valence-electron chi connectivity index (χ3n) is 13.2. The zero-order valence-electron chi connectivity index (χ0n) is 36.9. The molecule has 0 saturated carbocycles. The highest BCUT2D eigenvalue weighted by atomic mass is 32.2. The van der Waals surface area contributed by atoms with Crippen molar-refractivity contribution in [2.24, 2.45) is 5.92 Å². The number of hydrogen-bond acceptors (Lipinski definition) is 15. The molecule has 3 aromatic carbocycles. The van der Waals surface area contributed by atoms with Crippen LogP contribution in [0.2, 0.25) is 0 Å². The smallest absolute Gasteiger partial charge is 0.262 e. The molecule has 20 nitrogen and oxygen atoms in total. The van der Waals surface area contributed by atoms with E-state index in [0.717, 1.165) is 58.8 Å². The molecule has 0 radical (unpaired) electrons. The van der Waals surface area contributed by atoms with Crippen LogP contribution in [0.25, 0.3) is 11.0 Å². The maximum atomic E-state index is 13.3. The van der Waals surface area contributed by atoms with Crippen molar-refractivity contribution in [2.75, 3.05) is 83.9 Å². The van der Waals surface area contributed by atoms with Gasteiger partial charge in [0.2, 0.25) is 33.7 Å². The van der Waals surface area contributed by atoms with E-state index >= 15 is 0 Å². The number of aromatic amines is 1. The fourth-order valence-electron chi connectivity index (χ4n) is 9.66. The van der Waals surface area contributed by atoms with Crippen LogP contribution in [0.15, 0.2) is 66.9 Å². The van der Waals surface area contributed by atoms with Crippen LogP contribution in [0.3, 0.4) is 0 Å². The number of carbonyl (C=O) groups is 5. The standard InChI is InChI=1S/C46H50N12O8S/c1-66-37-22-29(50-46-53-40-32(12-16-48-40)41(54-46)51-34-5-3-4-26-13-21-57(39(26)34)67(2,64)65)6-9-35(37)55-19-14-28(15-20-55)47-17-18-49-42(60)27-24-56(25-27)30-7-8-31-33(23-30)45(63)58(44(31)62)36-10-11-38(59)52-43(36)61/h3-9,12,16,22-23,27-28,36,47H,10-11,13-15,17-21,24-25H2,1-2H3,(H,49,60)(H,52,59,61)(H3,48,50,51,53,54). The van der Waals surface area contributed by atoms with Crippen LogP contribution >= 0.6 is 0 Å². The topological polar surface area (TPSA) is 243 Å². The van der Waals surface area contributed by atoms with Crippen LogP contribution in [-0.2, 0) is 30.8 Å². The van der Waals surface area contributed by atoms with E-state index in [4.69, 9.17) is 14.7 Å². The Morgan fingerprint density at radius 3 is 2.45 bits per heavy atom. The van der Waals surface area contributed by atoms with E-state index in [1.165, 1.54) is 10.6 Å². The summed E-state index contributed by atoms with van der Waals surface area (Å²) in [7, 11) is -1.82. The number of aromatic nitrogens is 3. The van der Waals surface area contributed by atoms with Gasteiger partial charge >= 0.3 is 0 Å². The van der Waals surface area contributed by atoms with Crippen molar-refractivity contribution < 1.29 is 37.1 Å². The molecule has 5 aromatic rings. The first-order chi connectivity index (χ1) is 32.3. The number of nitrogens with zero attached hydrogens (tertiary/aromatic N) is 6. The van der Waals surface area contributed by atoms with Gasteiger partial charge in [0.25, 0.3) is 11.8 Å². The van der Waals surface area contributed by atoms with Gasteiger partial charge in [-0.3, -0.25) is 38.5 Å². The van der Waals surface area contributed by atoms with Crippen molar-refractivity contribution >= 4 is 90.8 Å². The summed E-state index contributed by atoms with van der Waals surface area (Å²) < 4.78 is 32.6. The number of rotatable bonds is 14. The summed E-state index contributed by atoms with van der Waals surface area (Å²) in [6, 6.07) is 17.7. The highest BCUT2D eigenvalue weighted by Gasteiger charge is 2.45. The Morgan fingerprint density at radius 1 is 0.866 bits per heavy atom. The number of fused-ring (bicyclic) bond motifs is 3. The molecule has 0 aliphatic carbocycles. The number of piperidine rings is 2. The second-order valence-electron chi connectivity index (χ2n) is 17.5. The van der Waals surface area contributed by atoms with Crippen LogP contribution in [0.4, 0.5) is 40.2 Å². The maximum absolute atomic E-state index is 13.3. The first kappa shape index (κ1) is 43.6. The lowest BCUT2D eigenvalue weighted by atomic mass is 9.97. The molecule has 5 aliphatic heterocycles. The molecule has 3 saturated heterocycles. The van der Waals surface area contributed by atoms with Crippen molar-refractivity contribution in [1.29, 1.82) is 0 Å². The second kappa shape index (κ2) is 17.5. The fraction of sp³-hybridized carbons (Fsp3) is 0.370. The van der Waals surface area contributed by atoms with Gasteiger partial charge in [0.15, 0.2) is 0 Å². The molecule has 0 spiro atoms.